The van der Waals surface area contributed by atoms with Crippen LogP contribution >= 0.6 is 0 Å². The van der Waals surface area contributed by atoms with Gasteiger partial charge in [0.25, 0.3) is 0 Å². The molecule has 0 aromatic carbocycles. The summed E-state index contributed by atoms with van der Waals surface area (Å²) in [6.45, 7) is 7.35. The van der Waals surface area contributed by atoms with E-state index in [-0.39, 0.29) is 18.2 Å². The van der Waals surface area contributed by atoms with Gasteiger partial charge in [0, 0.05) is 6.42 Å². The smallest absolute Gasteiger partial charge is 0.308 e. The molecule has 2 fully saturated rings. The molecule has 2 heterocycles. The first kappa shape index (κ1) is 15.3. The van der Waals surface area contributed by atoms with Crippen LogP contribution in [0.15, 0.2) is 0 Å². The number of hydrogen-bond acceptors (Lipinski definition) is 5. The molecule has 0 aromatic heterocycles. The second-order valence-electron chi connectivity index (χ2n) is 3.92. The van der Waals surface area contributed by atoms with Crippen LogP contribution in [0.1, 0.15) is 40.5 Å². The minimum atomic E-state index is -1.50. The van der Waals surface area contributed by atoms with E-state index in [9.17, 15) is 4.79 Å². The molecule has 96 valence electrons. The molecule has 0 bridgehead atoms. The lowest BCUT2D eigenvalue weighted by Crippen LogP contribution is -2.15. The summed E-state index contributed by atoms with van der Waals surface area (Å²) in [7, 11) is 0. The summed E-state index contributed by atoms with van der Waals surface area (Å²) in [4.78, 5) is 10.6. The van der Waals surface area contributed by atoms with Crippen molar-refractivity contribution < 1.29 is 24.5 Å². The molecule has 0 radical (unpaired) electrons. The standard InChI is InChI=1S/C6H8O3.C3H8O2.C2H6/c7-6-3-5-4(9-6)1-2-8-5;1-3(2,4)5;1-2/h4-5H,1-3H2;4-5H,1-2H3;1-2H3/t4-,5-;;/m1../s1. The predicted molar refractivity (Wildman–Crippen MR) is 58.7 cm³/mol. The number of fused-ring (bicyclic) bond motifs is 1. The van der Waals surface area contributed by atoms with Crippen molar-refractivity contribution in [3.8, 4) is 0 Å². The van der Waals surface area contributed by atoms with Gasteiger partial charge in [-0.3, -0.25) is 4.79 Å². The van der Waals surface area contributed by atoms with Gasteiger partial charge in [-0.2, -0.15) is 0 Å². The summed E-state index contributed by atoms with van der Waals surface area (Å²) >= 11 is 0. The van der Waals surface area contributed by atoms with Crippen molar-refractivity contribution in [3.05, 3.63) is 0 Å². The van der Waals surface area contributed by atoms with Crippen molar-refractivity contribution in [2.75, 3.05) is 6.61 Å². The lowest BCUT2D eigenvalue weighted by atomic mass is 10.2. The number of carbonyl (C=O) groups excluding carboxylic acids is 1. The summed E-state index contributed by atoms with van der Waals surface area (Å²) < 4.78 is 10.1. The van der Waals surface area contributed by atoms with Crippen LogP contribution in [0.4, 0.5) is 0 Å². The van der Waals surface area contributed by atoms with Gasteiger partial charge in [0.1, 0.15) is 12.2 Å². The number of ether oxygens (including phenoxy) is 2. The van der Waals surface area contributed by atoms with Crippen LogP contribution in [-0.2, 0) is 14.3 Å². The predicted octanol–water partition coefficient (Wildman–Crippen LogP) is 0.824. The Labute approximate surface area is 96.4 Å². The molecule has 16 heavy (non-hydrogen) atoms. The fourth-order valence-corrected chi connectivity index (χ4v) is 1.34. The molecule has 2 aliphatic heterocycles. The van der Waals surface area contributed by atoms with E-state index in [0.717, 1.165) is 13.0 Å². The molecule has 0 amide bonds. The van der Waals surface area contributed by atoms with Crippen LogP contribution in [0.3, 0.4) is 0 Å². The maximum atomic E-state index is 10.6. The Bertz CT molecular complexity index is 189. The van der Waals surface area contributed by atoms with Gasteiger partial charge in [0.15, 0.2) is 5.79 Å². The van der Waals surface area contributed by atoms with Crippen molar-refractivity contribution in [1.82, 2.24) is 0 Å². The van der Waals surface area contributed by atoms with Gasteiger partial charge in [-0.05, 0) is 13.8 Å². The first-order valence-electron chi connectivity index (χ1n) is 5.62. The molecule has 0 saturated carbocycles. The fourth-order valence-electron chi connectivity index (χ4n) is 1.34. The second-order valence-corrected chi connectivity index (χ2v) is 3.92. The molecule has 5 heteroatoms. The third kappa shape index (κ3) is 6.76. The van der Waals surface area contributed by atoms with E-state index in [4.69, 9.17) is 19.7 Å². The van der Waals surface area contributed by atoms with Crippen LogP contribution in [0.2, 0.25) is 0 Å². The first-order valence-corrected chi connectivity index (χ1v) is 5.62. The monoisotopic (exact) mass is 234 g/mol. The zero-order valence-electron chi connectivity index (χ0n) is 10.4. The molecule has 2 rings (SSSR count). The Hall–Kier alpha value is -0.650. The van der Waals surface area contributed by atoms with Gasteiger partial charge in [0.05, 0.1) is 13.0 Å². The molecule has 2 N–H and O–H groups in total. The van der Waals surface area contributed by atoms with E-state index in [2.05, 4.69) is 0 Å². The molecular formula is C11H22O5. The van der Waals surface area contributed by atoms with Crippen LogP contribution in [0.25, 0.3) is 0 Å². The lowest BCUT2D eigenvalue weighted by Gasteiger charge is -2.03. The minimum absolute atomic E-state index is 0.0810. The number of rotatable bonds is 0. The van der Waals surface area contributed by atoms with Crippen molar-refractivity contribution in [2.45, 2.75) is 58.5 Å². The van der Waals surface area contributed by atoms with Gasteiger partial charge < -0.3 is 19.7 Å². The van der Waals surface area contributed by atoms with Crippen molar-refractivity contribution in [2.24, 2.45) is 0 Å². The minimum Gasteiger partial charge on any atom is -0.459 e. The van der Waals surface area contributed by atoms with Gasteiger partial charge in [-0.25, -0.2) is 0 Å². The summed E-state index contributed by atoms with van der Waals surface area (Å²) in [5.41, 5.74) is 0. The second kappa shape index (κ2) is 6.83. The van der Waals surface area contributed by atoms with Gasteiger partial charge in [0.2, 0.25) is 0 Å². The van der Waals surface area contributed by atoms with Crippen LogP contribution < -0.4 is 0 Å². The van der Waals surface area contributed by atoms with Gasteiger partial charge in [-0.1, -0.05) is 13.8 Å². The van der Waals surface area contributed by atoms with E-state index in [0.29, 0.717) is 6.42 Å². The van der Waals surface area contributed by atoms with E-state index >= 15 is 0 Å². The molecule has 0 spiro atoms. The molecule has 5 nitrogen and oxygen atoms in total. The molecular weight excluding hydrogens is 212 g/mol. The topological polar surface area (TPSA) is 76.0 Å². The highest BCUT2D eigenvalue weighted by Crippen LogP contribution is 2.26. The molecule has 0 unspecified atom stereocenters. The molecule has 0 aliphatic carbocycles. The average Bonchev–Trinajstić information content (AvgIpc) is 2.64. The normalized spacial score (nSPS) is 27.0. The molecule has 0 aromatic rings. The largest absolute Gasteiger partial charge is 0.459 e. The number of aliphatic hydroxyl groups is 2. The lowest BCUT2D eigenvalue weighted by molar-refractivity contribution is -0.141. The highest BCUT2D eigenvalue weighted by atomic mass is 16.6. The zero-order valence-corrected chi connectivity index (χ0v) is 10.4. The Morgan fingerprint density at radius 3 is 2.19 bits per heavy atom. The van der Waals surface area contributed by atoms with E-state index < -0.39 is 5.79 Å². The SMILES string of the molecule is CC.CC(C)(O)O.O=C1C[C@H]2OCC[C@H]2O1. The Kier molecular flexibility index (Phi) is 6.55. The van der Waals surface area contributed by atoms with Gasteiger partial charge >= 0.3 is 5.97 Å². The average molecular weight is 234 g/mol. The van der Waals surface area contributed by atoms with Crippen LogP contribution in [-0.4, -0.2) is 40.8 Å². The Balaban J connectivity index is 0.000000280. The maximum absolute atomic E-state index is 10.6. The van der Waals surface area contributed by atoms with E-state index in [1.165, 1.54) is 13.8 Å². The summed E-state index contributed by atoms with van der Waals surface area (Å²) in [5.74, 6) is -1.61. The first-order chi connectivity index (χ1) is 7.36. The highest BCUT2D eigenvalue weighted by Gasteiger charge is 2.39. The van der Waals surface area contributed by atoms with E-state index in [1.54, 1.807) is 0 Å². The Morgan fingerprint density at radius 1 is 1.25 bits per heavy atom. The van der Waals surface area contributed by atoms with Crippen molar-refractivity contribution >= 4 is 5.97 Å². The summed E-state index contributed by atoms with van der Waals surface area (Å²) in [5, 5.41) is 16.2. The quantitative estimate of drug-likeness (QED) is 0.479. The number of carbonyl (C=O) groups is 1. The number of hydrogen-bond donors (Lipinski definition) is 2. The third-order valence-corrected chi connectivity index (χ3v) is 1.80. The molecule has 2 saturated heterocycles. The van der Waals surface area contributed by atoms with E-state index in [1.807, 2.05) is 13.8 Å². The maximum Gasteiger partial charge on any atom is 0.308 e. The third-order valence-electron chi connectivity index (χ3n) is 1.80. The summed E-state index contributed by atoms with van der Waals surface area (Å²) in [6.07, 6.45) is 1.51. The summed E-state index contributed by atoms with van der Waals surface area (Å²) in [6, 6.07) is 0. The Morgan fingerprint density at radius 2 is 1.75 bits per heavy atom. The van der Waals surface area contributed by atoms with Crippen molar-refractivity contribution in [3.63, 3.8) is 0 Å². The number of esters is 1. The fraction of sp³-hybridized carbons (Fsp3) is 0.909. The van der Waals surface area contributed by atoms with Crippen LogP contribution in [0.5, 0.6) is 0 Å². The molecule has 2 atom stereocenters. The van der Waals surface area contributed by atoms with Crippen LogP contribution in [0, 0.1) is 0 Å². The zero-order chi connectivity index (χ0) is 12.8. The van der Waals surface area contributed by atoms with Crippen molar-refractivity contribution in [1.29, 1.82) is 0 Å². The molecule has 2 aliphatic rings. The highest BCUT2D eigenvalue weighted by molar-refractivity contribution is 5.72. The van der Waals surface area contributed by atoms with Gasteiger partial charge in [-0.15, -0.1) is 0 Å².